The predicted octanol–water partition coefficient (Wildman–Crippen LogP) is 1.87. The van der Waals surface area contributed by atoms with E-state index in [1.165, 1.54) is 0 Å². The number of carboxylic acids is 2. The number of rotatable bonds is 9. The normalized spacial score (nSPS) is 15.3. The molecule has 0 bridgehead atoms. The zero-order valence-corrected chi connectivity index (χ0v) is 25.9. The van der Waals surface area contributed by atoms with Gasteiger partial charge < -0.3 is 40.4 Å². The number of H-pyrrole nitrogens is 2. The topological polar surface area (TPSA) is 214 Å². The van der Waals surface area contributed by atoms with Crippen molar-refractivity contribution in [2.75, 3.05) is 26.2 Å². The van der Waals surface area contributed by atoms with Crippen LogP contribution in [0.25, 0.3) is 22.1 Å². The average molecular weight is 650 g/mol. The van der Waals surface area contributed by atoms with Crippen LogP contribution < -0.4 is 11.4 Å². The molecule has 1 aliphatic rings. The molecule has 45 heavy (non-hydrogen) atoms. The number of likely N-dealkylation sites (tertiary alicyclic amines) is 1. The molecule has 4 aromatic rings. The minimum absolute atomic E-state index is 0.0475. The van der Waals surface area contributed by atoms with E-state index in [4.69, 9.17) is 37.1 Å². The second kappa shape index (κ2) is 16.4. The van der Waals surface area contributed by atoms with Crippen LogP contribution in [0.4, 0.5) is 0 Å². The van der Waals surface area contributed by atoms with Crippen LogP contribution in [0.3, 0.4) is 0 Å². The van der Waals surface area contributed by atoms with Crippen LogP contribution in [-0.4, -0.2) is 99.9 Å². The van der Waals surface area contributed by atoms with E-state index in [1.807, 2.05) is 45.5 Å². The molecule has 7 N–H and O–H groups in total. The zero-order chi connectivity index (χ0) is 33.3. The first-order valence-corrected chi connectivity index (χ1v) is 15.0. The van der Waals surface area contributed by atoms with Gasteiger partial charge in [0.25, 0.3) is 0 Å². The lowest BCUT2D eigenvalue weighted by molar-refractivity contribution is -0.163. The van der Waals surface area contributed by atoms with Crippen LogP contribution in [0.1, 0.15) is 39.2 Å². The molecule has 246 valence electrons. The summed E-state index contributed by atoms with van der Waals surface area (Å²) >= 11 is 6.05. The van der Waals surface area contributed by atoms with Gasteiger partial charge in [-0.05, 0) is 70.0 Å². The van der Waals surface area contributed by atoms with E-state index >= 15 is 0 Å². The average Bonchev–Trinajstić information content (AvgIpc) is 3.48. The molecule has 0 amide bonds. The molecular weight excluding hydrogens is 610 g/mol. The quantitative estimate of drug-likeness (QED) is 0.131. The molecule has 1 aliphatic heterocycles. The fourth-order valence-electron chi connectivity index (χ4n) is 5.32. The van der Waals surface area contributed by atoms with Crippen LogP contribution in [0.5, 0.6) is 0 Å². The Hall–Kier alpha value is -3.95. The van der Waals surface area contributed by atoms with Crippen molar-refractivity contribution in [2.45, 2.75) is 57.9 Å². The second-order valence-corrected chi connectivity index (χ2v) is 11.1. The number of aromatic amines is 2. The maximum Gasteiger partial charge on any atom is 0.326 e. The molecule has 2 unspecified atom stereocenters. The minimum atomic E-state index is -1.98. The highest BCUT2D eigenvalue weighted by Gasteiger charge is 2.36. The van der Waals surface area contributed by atoms with E-state index in [9.17, 15) is 19.2 Å². The number of halogens is 1. The van der Waals surface area contributed by atoms with Crippen molar-refractivity contribution in [3.63, 3.8) is 0 Å². The summed E-state index contributed by atoms with van der Waals surface area (Å²) in [6, 6.07) is 13.5. The third kappa shape index (κ3) is 9.05. The lowest BCUT2D eigenvalue weighted by Gasteiger charge is -2.32. The predicted molar refractivity (Wildman–Crippen MR) is 169 cm³/mol. The Bertz CT molecular complexity index is 1670. The number of hydrogen-bond acceptors (Lipinski definition) is 8. The fraction of sp³-hybridized carbons (Fsp3) is 0.467. The molecular formula is C30H40ClN5O9. The standard InChI is InChI=1S/C22H24ClN5O2.C6H10O6.C2H6O/c23-15-6-7-20-18(14-15)25-22(30)28(20)16-8-12-26(13-9-16)10-3-11-27-19-5-2-1-4-17(19)24-21(27)29;1-2(7)4(8)3(5(9)10)6(11)12;1-2-3/h1-2,4-7,14,16H,3,8-13H2,(H,24,29)(H,25,30);2-4,7-8H,1H3,(H,9,10)(H,11,12);3H,2H2,1H3. The van der Waals surface area contributed by atoms with E-state index < -0.39 is 30.1 Å². The number of aliphatic hydroxyl groups is 3. The molecule has 5 rings (SSSR count). The molecule has 1 fully saturated rings. The Kier molecular flexibility index (Phi) is 12.9. The smallest absolute Gasteiger partial charge is 0.326 e. The van der Waals surface area contributed by atoms with Gasteiger partial charge in [-0.2, -0.15) is 0 Å². The number of hydrogen-bond donors (Lipinski definition) is 7. The van der Waals surface area contributed by atoms with E-state index in [1.54, 1.807) is 13.0 Å². The Morgan fingerprint density at radius 3 is 2.11 bits per heavy atom. The highest BCUT2D eigenvalue weighted by Crippen LogP contribution is 2.26. The Morgan fingerprint density at radius 1 is 0.933 bits per heavy atom. The fourth-order valence-corrected chi connectivity index (χ4v) is 5.50. The summed E-state index contributed by atoms with van der Waals surface area (Å²) in [6.07, 6.45) is -0.398. The maximum atomic E-state index is 12.5. The Labute approximate surface area is 263 Å². The van der Waals surface area contributed by atoms with Crippen LogP contribution in [0.2, 0.25) is 5.02 Å². The Morgan fingerprint density at radius 2 is 1.53 bits per heavy atom. The number of aliphatic hydroxyl groups excluding tert-OH is 3. The van der Waals surface area contributed by atoms with E-state index in [2.05, 4.69) is 14.9 Å². The minimum Gasteiger partial charge on any atom is -0.481 e. The van der Waals surface area contributed by atoms with Crippen LogP contribution in [-0.2, 0) is 16.1 Å². The van der Waals surface area contributed by atoms with Gasteiger partial charge in [0.2, 0.25) is 0 Å². The van der Waals surface area contributed by atoms with Crippen molar-refractivity contribution in [1.82, 2.24) is 24.0 Å². The van der Waals surface area contributed by atoms with Gasteiger partial charge in [-0.3, -0.25) is 18.7 Å². The third-order valence-corrected chi connectivity index (χ3v) is 7.74. The first-order valence-electron chi connectivity index (χ1n) is 14.6. The molecule has 15 heteroatoms. The van der Waals surface area contributed by atoms with Gasteiger partial charge in [-0.15, -0.1) is 0 Å². The number of aryl methyl sites for hydroxylation is 1. The van der Waals surface area contributed by atoms with Crippen LogP contribution >= 0.6 is 11.6 Å². The first kappa shape index (κ1) is 35.5. The third-order valence-electron chi connectivity index (χ3n) is 7.51. The molecule has 2 aromatic heterocycles. The number of fused-ring (bicyclic) bond motifs is 2. The molecule has 1 saturated heterocycles. The van der Waals surface area contributed by atoms with Crippen LogP contribution in [0.15, 0.2) is 52.1 Å². The van der Waals surface area contributed by atoms with Crippen molar-refractivity contribution in [1.29, 1.82) is 0 Å². The van der Waals surface area contributed by atoms with Gasteiger partial charge >= 0.3 is 23.3 Å². The molecule has 0 aliphatic carbocycles. The van der Waals surface area contributed by atoms with Gasteiger partial charge in [-0.1, -0.05) is 23.7 Å². The number of piperidine rings is 1. The van der Waals surface area contributed by atoms with Crippen molar-refractivity contribution in [3.05, 3.63) is 68.5 Å². The van der Waals surface area contributed by atoms with Crippen molar-refractivity contribution in [2.24, 2.45) is 5.92 Å². The number of aliphatic carboxylic acids is 2. The van der Waals surface area contributed by atoms with Crippen LogP contribution in [0, 0.1) is 5.92 Å². The number of nitrogens with zero attached hydrogens (tertiary/aromatic N) is 3. The number of para-hydroxylation sites is 2. The van der Waals surface area contributed by atoms with Crippen molar-refractivity contribution < 1.29 is 35.1 Å². The summed E-state index contributed by atoms with van der Waals surface area (Å²) in [4.78, 5) is 53.4. The lowest BCUT2D eigenvalue weighted by atomic mass is 9.99. The van der Waals surface area contributed by atoms with Crippen molar-refractivity contribution in [3.8, 4) is 0 Å². The number of carboxylic acid groups (broad SMARTS) is 2. The Balaban J connectivity index is 0.000000311. The monoisotopic (exact) mass is 649 g/mol. The number of imidazole rings is 2. The summed E-state index contributed by atoms with van der Waals surface area (Å²) in [5.41, 5.74) is 3.44. The summed E-state index contributed by atoms with van der Waals surface area (Å²) in [5.74, 6) is -5.32. The number of benzene rings is 2. The molecule has 2 atom stereocenters. The number of aromatic nitrogens is 4. The summed E-state index contributed by atoms with van der Waals surface area (Å²) in [5, 5.41) is 42.4. The largest absolute Gasteiger partial charge is 0.481 e. The summed E-state index contributed by atoms with van der Waals surface area (Å²) < 4.78 is 3.70. The van der Waals surface area contributed by atoms with Gasteiger partial charge in [0, 0.05) is 37.3 Å². The van der Waals surface area contributed by atoms with Gasteiger partial charge in [0.05, 0.1) is 28.2 Å². The van der Waals surface area contributed by atoms with Gasteiger partial charge in [0.1, 0.15) is 6.10 Å². The molecule has 0 saturated carbocycles. The van der Waals surface area contributed by atoms with E-state index in [0.29, 0.717) is 11.6 Å². The second-order valence-electron chi connectivity index (χ2n) is 10.7. The molecule has 0 spiro atoms. The van der Waals surface area contributed by atoms with Gasteiger partial charge in [-0.25, -0.2) is 9.59 Å². The number of carbonyl (C=O) groups is 2. The van der Waals surface area contributed by atoms with E-state index in [-0.39, 0.29) is 24.0 Å². The molecule has 3 heterocycles. The zero-order valence-electron chi connectivity index (χ0n) is 25.1. The van der Waals surface area contributed by atoms with Gasteiger partial charge in [0.15, 0.2) is 5.92 Å². The molecule has 14 nitrogen and oxygen atoms in total. The first-order chi connectivity index (χ1) is 21.4. The maximum absolute atomic E-state index is 12.5. The SMILES string of the molecule is CC(O)C(O)C(C(=O)O)C(=O)O.CCO.O=c1[nH]c2ccccc2n1CCCN1CCC(n2c(=O)[nH]c3cc(Cl)ccc32)CC1. The lowest BCUT2D eigenvalue weighted by Crippen LogP contribution is -2.41. The van der Waals surface area contributed by atoms with Crippen molar-refractivity contribution >= 4 is 45.6 Å². The highest BCUT2D eigenvalue weighted by atomic mass is 35.5. The summed E-state index contributed by atoms with van der Waals surface area (Å²) in [6.45, 7) is 6.58. The van der Waals surface area contributed by atoms with E-state index in [0.717, 1.165) is 67.9 Å². The highest BCUT2D eigenvalue weighted by molar-refractivity contribution is 6.31. The summed E-state index contributed by atoms with van der Waals surface area (Å²) in [7, 11) is 0. The number of nitrogens with one attached hydrogen (secondary N) is 2. The molecule has 0 radical (unpaired) electrons. The molecule has 2 aromatic carbocycles.